The fourth-order valence-corrected chi connectivity index (χ4v) is 2.27. The molecule has 0 radical (unpaired) electrons. The van der Waals surface area contributed by atoms with Gasteiger partial charge in [0, 0.05) is 5.56 Å². The molecule has 1 aliphatic heterocycles. The average Bonchev–Trinajstić information content (AvgIpc) is 2.90. The number of aromatic amines is 1. The lowest BCUT2D eigenvalue weighted by atomic mass is 9.78. The molecular formula is C12H11BN2O4. The van der Waals surface area contributed by atoms with Gasteiger partial charge in [-0.1, -0.05) is 12.1 Å². The van der Waals surface area contributed by atoms with E-state index in [-0.39, 0.29) is 11.3 Å². The lowest BCUT2D eigenvalue weighted by Crippen LogP contribution is -2.28. The highest BCUT2D eigenvalue weighted by Crippen LogP contribution is 2.36. The van der Waals surface area contributed by atoms with Crippen LogP contribution < -0.4 is 4.65 Å². The normalized spacial score (nSPS) is 13.8. The van der Waals surface area contributed by atoms with Crippen molar-refractivity contribution >= 4 is 13.1 Å². The first-order valence-corrected chi connectivity index (χ1v) is 5.89. The van der Waals surface area contributed by atoms with E-state index in [1.807, 2.05) is 6.07 Å². The van der Waals surface area contributed by atoms with E-state index in [0.29, 0.717) is 24.0 Å². The van der Waals surface area contributed by atoms with Crippen LogP contribution in [0.1, 0.15) is 15.9 Å². The van der Waals surface area contributed by atoms with E-state index < -0.39 is 13.1 Å². The molecule has 96 valence electrons. The third-order valence-electron chi connectivity index (χ3n) is 3.16. The molecule has 6 nitrogen and oxygen atoms in total. The maximum Gasteiger partial charge on any atom is 0.522 e. The maximum absolute atomic E-state index is 11.5. The molecule has 19 heavy (non-hydrogen) atoms. The summed E-state index contributed by atoms with van der Waals surface area (Å²) < 4.78 is 5.30. The van der Waals surface area contributed by atoms with Gasteiger partial charge >= 0.3 is 13.1 Å². The monoisotopic (exact) mass is 258 g/mol. The Kier molecular flexibility index (Phi) is 2.75. The van der Waals surface area contributed by atoms with Gasteiger partial charge in [-0.2, -0.15) is 0 Å². The number of carboxylic acids is 1. The molecule has 0 aliphatic carbocycles. The second kappa shape index (κ2) is 4.44. The third kappa shape index (κ3) is 1.98. The molecule has 7 heteroatoms. The van der Waals surface area contributed by atoms with Crippen LogP contribution in [0.15, 0.2) is 24.7 Å². The highest BCUT2D eigenvalue weighted by Gasteiger charge is 2.29. The molecule has 3 rings (SSSR count). The average molecular weight is 258 g/mol. The molecule has 0 amide bonds. The number of H-pyrrole nitrogens is 1. The van der Waals surface area contributed by atoms with Gasteiger partial charge in [-0.25, -0.2) is 9.78 Å². The van der Waals surface area contributed by atoms with Crippen LogP contribution in [0.25, 0.3) is 11.3 Å². The van der Waals surface area contributed by atoms with Crippen molar-refractivity contribution in [1.82, 2.24) is 9.97 Å². The largest absolute Gasteiger partial charge is 0.535 e. The number of imidazole rings is 1. The number of nitrogens with one attached hydrogen (secondary N) is 1. The molecule has 0 spiro atoms. The molecule has 1 aromatic carbocycles. The van der Waals surface area contributed by atoms with Gasteiger partial charge in [0.15, 0.2) is 0 Å². The number of carboxylic acid groups (broad SMARTS) is 1. The summed E-state index contributed by atoms with van der Waals surface area (Å²) in [5.41, 5.74) is 1.95. The van der Waals surface area contributed by atoms with Crippen LogP contribution in [0.3, 0.4) is 0 Å². The maximum atomic E-state index is 11.5. The molecule has 0 atom stereocenters. The number of rotatable bonds is 2. The minimum absolute atomic E-state index is 0.0560. The first-order valence-electron chi connectivity index (χ1n) is 5.89. The van der Waals surface area contributed by atoms with Gasteiger partial charge in [0.25, 0.3) is 0 Å². The predicted molar refractivity (Wildman–Crippen MR) is 68.1 cm³/mol. The zero-order chi connectivity index (χ0) is 13.4. The minimum atomic E-state index is -1.09. The lowest BCUT2D eigenvalue weighted by molar-refractivity contribution is 0.0695. The SMILES string of the molecule is O=C(O)c1c(-c2cnc[nH]2)ccc2c1OB(O)CC2. The van der Waals surface area contributed by atoms with Crippen LogP contribution in [-0.2, 0) is 6.42 Å². The standard InChI is InChI=1S/C12H11BN2O4/c16-12(17)10-8(9-5-14-6-15-9)2-1-7-3-4-13(18)19-11(7)10/h1-2,5-6,18H,3-4H2,(H,14,15)(H,16,17). The Morgan fingerprint density at radius 3 is 3.00 bits per heavy atom. The smallest absolute Gasteiger partial charge is 0.522 e. The molecule has 1 aromatic heterocycles. The van der Waals surface area contributed by atoms with Crippen LogP contribution in [0, 0.1) is 0 Å². The van der Waals surface area contributed by atoms with E-state index in [1.54, 1.807) is 12.3 Å². The van der Waals surface area contributed by atoms with Gasteiger partial charge in [-0.3, -0.25) is 0 Å². The van der Waals surface area contributed by atoms with Gasteiger partial charge < -0.3 is 19.8 Å². The first-order chi connectivity index (χ1) is 9.16. The quantitative estimate of drug-likeness (QED) is 0.703. The van der Waals surface area contributed by atoms with E-state index in [4.69, 9.17) is 4.65 Å². The highest BCUT2D eigenvalue weighted by atomic mass is 16.5. The Morgan fingerprint density at radius 1 is 1.47 bits per heavy atom. The Bertz CT molecular complexity index is 627. The van der Waals surface area contributed by atoms with E-state index in [9.17, 15) is 14.9 Å². The second-order valence-corrected chi connectivity index (χ2v) is 4.36. The number of aryl methyl sites for hydroxylation is 1. The number of benzene rings is 1. The van der Waals surface area contributed by atoms with E-state index in [2.05, 4.69) is 9.97 Å². The lowest BCUT2D eigenvalue weighted by Gasteiger charge is -2.22. The van der Waals surface area contributed by atoms with Crippen LogP contribution in [0.5, 0.6) is 5.75 Å². The zero-order valence-corrected chi connectivity index (χ0v) is 9.96. The number of hydrogen-bond acceptors (Lipinski definition) is 4. The van der Waals surface area contributed by atoms with Crippen LogP contribution >= 0.6 is 0 Å². The molecule has 2 heterocycles. The number of carbonyl (C=O) groups is 1. The van der Waals surface area contributed by atoms with Crippen molar-refractivity contribution in [3.8, 4) is 17.0 Å². The summed E-state index contributed by atoms with van der Waals surface area (Å²) in [6, 6.07) is 3.56. The molecular weight excluding hydrogens is 247 g/mol. The summed E-state index contributed by atoms with van der Waals surface area (Å²) >= 11 is 0. The molecule has 0 saturated heterocycles. The van der Waals surface area contributed by atoms with Gasteiger partial charge in [-0.15, -0.1) is 0 Å². The molecule has 0 unspecified atom stereocenters. The summed E-state index contributed by atoms with van der Waals surface area (Å²) in [6.45, 7) is 0. The molecule has 2 aromatic rings. The number of fused-ring (bicyclic) bond motifs is 1. The van der Waals surface area contributed by atoms with Crippen molar-refractivity contribution in [3.05, 3.63) is 35.8 Å². The Balaban J connectivity index is 2.22. The summed E-state index contributed by atoms with van der Waals surface area (Å²) in [5.74, 6) is -0.839. The fourth-order valence-electron chi connectivity index (χ4n) is 2.27. The van der Waals surface area contributed by atoms with Gasteiger partial charge in [0.2, 0.25) is 0 Å². The third-order valence-corrected chi connectivity index (χ3v) is 3.16. The van der Waals surface area contributed by atoms with Crippen LogP contribution in [0.4, 0.5) is 0 Å². The van der Waals surface area contributed by atoms with Crippen molar-refractivity contribution in [2.45, 2.75) is 12.7 Å². The van der Waals surface area contributed by atoms with Gasteiger partial charge in [0.05, 0.1) is 18.2 Å². The summed E-state index contributed by atoms with van der Waals surface area (Å²) in [4.78, 5) is 18.3. The van der Waals surface area contributed by atoms with Crippen molar-refractivity contribution in [2.75, 3.05) is 0 Å². The first kappa shape index (κ1) is 11.8. The zero-order valence-electron chi connectivity index (χ0n) is 9.96. The minimum Gasteiger partial charge on any atom is -0.535 e. The van der Waals surface area contributed by atoms with E-state index >= 15 is 0 Å². The number of hydrogen-bond donors (Lipinski definition) is 3. The van der Waals surface area contributed by atoms with Crippen molar-refractivity contribution < 1.29 is 19.6 Å². The molecule has 0 saturated carbocycles. The molecule has 0 fully saturated rings. The predicted octanol–water partition coefficient (Wildman–Crippen LogP) is 1.19. The van der Waals surface area contributed by atoms with E-state index in [1.165, 1.54) is 6.33 Å². The molecule has 0 bridgehead atoms. The summed E-state index contributed by atoms with van der Waals surface area (Å²) in [7, 11) is -0.956. The topological polar surface area (TPSA) is 95.4 Å². The van der Waals surface area contributed by atoms with Crippen molar-refractivity contribution in [1.29, 1.82) is 0 Å². The van der Waals surface area contributed by atoms with Gasteiger partial charge in [-0.05, 0) is 18.3 Å². The highest BCUT2D eigenvalue weighted by molar-refractivity contribution is 6.44. The van der Waals surface area contributed by atoms with Crippen molar-refractivity contribution in [3.63, 3.8) is 0 Å². The Hall–Kier alpha value is -2.28. The number of aromatic carboxylic acids is 1. The number of nitrogens with zero attached hydrogens (tertiary/aromatic N) is 1. The van der Waals surface area contributed by atoms with E-state index in [0.717, 1.165) is 5.56 Å². The number of aromatic nitrogens is 2. The van der Waals surface area contributed by atoms with Crippen LogP contribution in [-0.4, -0.2) is 33.2 Å². The summed E-state index contributed by atoms with van der Waals surface area (Å²) in [5, 5.41) is 19.0. The summed E-state index contributed by atoms with van der Waals surface area (Å²) in [6.07, 6.45) is 4.10. The fraction of sp³-hybridized carbons (Fsp3) is 0.167. The molecule has 3 N–H and O–H groups in total. The second-order valence-electron chi connectivity index (χ2n) is 4.36. The Labute approximate surface area is 109 Å². The van der Waals surface area contributed by atoms with Crippen LogP contribution in [0.2, 0.25) is 6.32 Å². The van der Waals surface area contributed by atoms with Gasteiger partial charge in [0.1, 0.15) is 11.3 Å². The molecule has 1 aliphatic rings. The Morgan fingerprint density at radius 2 is 2.32 bits per heavy atom. The van der Waals surface area contributed by atoms with Crippen molar-refractivity contribution in [2.24, 2.45) is 0 Å².